The van der Waals surface area contributed by atoms with Crippen LogP contribution in [-0.4, -0.2) is 17.9 Å². The highest BCUT2D eigenvalue weighted by molar-refractivity contribution is 5.68. The van der Waals surface area contributed by atoms with E-state index in [1.165, 1.54) is 12.1 Å². The van der Waals surface area contributed by atoms with Crippen molar-refractivity contribution in [2.45, 2.75) is 19.7 Å². The lowest BCUT2D eigenvalue weighted by atomic mass is 10.1. The first-order valence-corrected chi connectivity index (χ1v) is 6.55. The van der Waals surface area contributed by atoms with Crippen LogP contribution in [0.4, 0.5) is 19.0 Å². The smallest absolute Gasteiger partial charge is 0.405 e. The molecule has 0 atom stereocenters. The summed E-state index contributed by atoms with van der Waals surface area (Å²) >= 11 is 0. The number of halogens is 3. The quantitative estimate of drug-likeness (QED) is 0.884. The monoisotopic (exact) mass is 296 g/mol. The van der Waals surface area contributed by atoms with Crippen molar-refractivity contribution in [3.63, 3.8) is 0 Å². The number of nitrogens with zero attached hydrogens (tertiary/aromatic N) is 1. The summed E-state index contributed by atoms with van der Waals surface area (Å²) < 4.78 is 41.3. The fourth-order valence-electron chi connectivity index (χ4n) is 1.83. The molecule has 1 aromatic heterocycles. The predicted octanol–water partition coefficient (Wildman–Crippen LogP) is 4.47. The number of aromatic nitrogens is 1. The SMILES string of the molecule is CCCNc1cccc(-c2ccccc2OC(F)(F)F)n1. The second-order valence-electron chi connectivity index (χ2n) is 4.38. The molecule has 3 nitrogen and oxygen atoms in total. The minimum absolute atomic E-state index is 0.259. The number of hydrogen-bond donors (Lipinski definition) is 1. The summed E-state index contributed by atoms with van der Waals surface area (Å²) in [5, 5.41) is 3.10. The van der Waals surface area contributed by atoms with E-state index >= 15 is 0 Å². The lowest BCUT2D eigenvalue weighted by Crippen LogP contribution is -2.17. The number of hydrogen-bond acceptors (Lipinski definition) is 3. The van der Waals surface area contributed by atoms with Crippen LogP contribution in [0, 0.1) is 0 Å². The summed E-state index contributed by atoms with van der Waals surface area (Å²) in [4.78, 5) is 4.31. The van der Waals surface area contributed by atoms with Gasteiger partial charge >= 0.3 is 6.36 Å². The molecule has 6 heteroatoms. The molecule has 1 N–H and O–H groups in total. The number of nitrogens with one attached hydrogen (secondary N) is 1. The topological polar surface area (TPSA) is 34.1 Å². The molecule has 0 aliphatic rings. The normalized spacial score (nSPS) is 11.2. The first-order valence-electron chi connectivity index (χ1n) is 6.55. The van der Waals surface area contributed by atoms with Crippen molar-refractivity contribution in [3.05, 3.63) is 42.5 Å². The lowest BCUT2D eigenvalue weighted by Gasteiger charge is -2.13. The summed E-state index contributed by atoms with van der Waals surface area (Å²) in [7, 11) is 0. The Bertz CT molecular complexity index is 599. The Morgan fingerprint density at radius 3 is 2.57 bits per heavy atom. The molecule has 2 rings (SSSR count). The number of rotatable bonds is 5. The Morgan fingerprint density at radius 1 is 1.10 bits per heavy atom. The van der Waals surface area contributed by atoms with Gasteiger partial charge in [-0.1, -0.05) is 25.1 Å². The zero-order chi connectivity index (χ0) is 15.3. The summed E-state index contributed by atoms with van der Waals surface area (Å²) in [6.07, 6.45) is -3.80. The third kappa shape index (κ3) is 4.37. The van der Waals surface area contributed by atoms with E-state index in [1.807, 2.05) is 6.92 Å². The second kappa shape index (κ2) is 6.47. The van der Waals surface area contributed by atoms with E-state index in [-0.39, 0.29) is 5.75 Å². The van der Waals surface area contributed by atoms with Crippen molar-refractivity contribution < 1.29 is 17.9 Å². The summed E-state index contributed by atoms with van der Waals surface area (Å²) in [5.74, 6) is 0.362. The molecule has 0 fully saturated rings. The van der Waals surface area contributed by atoms with Gasteiger partial charge in [0.1, 0.15) is 11.6 Å². The van der Waals surface area contributed by atoms with Crippen molar-refractivity contribution in [1.29, 1.82) is 0 Å². The van der Waals surface area contributed by atoms with Gasteiger partial charge in [0.05, 0.1) is 5.69 Å². The van der Waals surface area contributed by atoms with Gasteiger partial charge in [-0.05, 0) is 30.7 Å². The molecule has 0 bridgehead atoms. The largest absolute Gasteiger partial charge is 0.573 e. The number of ether oxygens (including phenoxy) is 1. The highest BCUT2D eigenvalue weighted by Gasteiger charge is 2.32. The summed E-state index contributed by atoms with van der Waals surface area (Å²) in [6.45, 7) is 2.76. The highest BCUT2D eigenvalue weighted by Crippen LogP contribution is 2.33. The molecule has 0 saturated heterocycles. The van der Waals surface area contributed by atoms with Gasteiger partial charge in [-0.25, -0.2) is 4.98 Å². The number of benzene rings is 1. The van der Waals surface area contributed by atoms with E-state index in [2.05, 4.69) is 15.0 Å². The Labute approximate surface area is 120 Å². The van der Waals surface area contributed by atoms with Crippen molar-refractivity contribution in [3.8, 4) is 17.0 Å². The second-order valence-corrected chi connectivity index (χ2v) is 4.38. The number of anilines is 1. The first-order chi connectivity index (χ1) is 9.99. The molecule has 0 unspecified atom stereocenters. The number of para-hydroxylation sites is 1. The minimum Gasteiger partial charge on any atom is -0.405 e. The standard InChI is InChI=1S/C15H15F3N2O/c1-2-10-19-14-9-5-7-12(20-14)11-6-3-4-8-13(11)21-15(16,17)18/h3-9H,2,10H2,1H3,(H,19,20). The fraction of sp³-hybridized carbons (Fsp3) is 0.267. The molecule has 0 aliphatic heterocycles. The van der Waals surface area contributed by atoms with Gasteiger partial charge in [0.25, 0.3) is 0 Å². The highest BCUT2D eigenvalue weighted by atomic mass is 19.4. The van der Waals surface area contributed by atoms with E-state index in [9.17, 15) is 13.2 Å². The van der Waals surface area contributed by atoms with Crippen LogP contribution < -0.4 is 10.1 Å². The molecule has 0 aliphatic carbocycles. The average molecular weight is 296 g/mol. The molecule has 0 spiro atoms. The van der Waals surface area contributed by atoms with E-state index in [0.717, 1.165) is 13.0 Å². The van der Waals surface area contributed by atoms with E-state index in [0.29, 0.717) is 17.1 Å². The molecule has 2 aromatic rings. The van der Waals surface area contributed by atoms with Gasteiger partial charge in [-0.15, -0.1) is 13.2 Å². The Balaban J connectivity index is 2.33. The molecule has 0 saturated carbocycles. The minimum atomic E-state index is -4.73. The van der Waals surface area contributed by atoms with E-state index < -0.39 is 6.36 Å². The van der Waals surface area contributed by atoms with Gasteiger partial charge in [-0.2, -0.15) is 0 Å². The number of pyridine rings is 1. The molecular formula is C15H15F3N2O. The van der Waals surface area contributed by atoms with Crippen LogP contribution in [0.5, 0.6) is 5.75 Å². The van der Waals surface area contributed by atoms with Gasteiger partial charge in [0, 0.05) is 12.1 Å². The lowest BCUT2D eigenvalue weighted by molar-refractivity contribution is -0.274. The van der Waals surface area contributed by atoms with Crippen molar-refractivity contribution in [1.82, 2.24) is 4.98 Å². The zero-order valence-corrected chi connectivity index (χ0v) is 11.4. The van der Waals surface area contributed by atoms with Crippen LogP contribution in [0.25, 0.3) is 11.3 Å². The van der Waals surface area contributed by atoms with Crippen molar-refractivity contribution in [2.75, 3.05) is 11.9 Å². The molecule has 1 aromatic carbocycles. The maximum atomic E-state index is 12.4. The first kappa shape index (κ1) is 15.2. The average Bonchev–Trinajstić information content (AvgIpc) is 2.44. The van der Waals surface area contributed by atoms with Crippen LogP contribution in [0.1, 0.15) is 13.3 Å². The van der Waals surface area contributed by atoms with Crippen LogP contribution in [0.15, 0.2) is 42.5 Å². The molecule has 0 amide bonds. The third-order valence-electron chi connectivity index (χ3n) is 2.69. The predicted molar refractivity (Wildman–Crippen MR) is 75.1 cm³/mol. The molecule has 0 radical (unpaired) electrons. The van der Waals surface area contributed by atoms with Crippen molar-refractivity contribution in [2.24, 2.45) is 0 Å². The van der Waals surface area contributed by atoms with Gasteiger partial charge in [0.2, 0.25) is 0 Å². The van der Waals surface area contributed by atoms with Crippen LogP contribution in [0.3, 0.4) is 0 Å². The fourth-order valence-corrected chi connectivity index (χ4v) is 1.83. The number of alkyl halides is 3. The molecule has 21 heavy (non-hydrogen) atoms. The third-order valence-corrected chi connectivity index (χ3v) is 2.69. The molecule has 1 heterocycles. The van der Waals surface area contributed by atoms with Crippen LogP contribution in [-0.2, 0) is 0 Å². The summed E-state index contributed by atoms with van der Waals surface area (Å²) in [6, 6.07) is 11.1. The zero-order valence-electron chi connectivity index (χ0n) is 11.4. The maximum Gasteiger partial charge on any atom is 0.573 e. The van der Waals surface area contributed by atoms with Gasteiger partial charge in [0.15, 0.2) is 0 Å². The molecule has 112 valence electrons. The van der Waals surface area contributed by atoms with Gasteiger partial charge < -0.3 is 10.1 Å². The maximum absolute atomic E-state index is 12.4. The van der Waals surface area contributed by atoms with Gasteiger partial charge in [-0.3, -0.25) is 0 Å². The summed E-state index contributed by atoms with van der Waals surface area (Å²) in [5.41, 5.74) is 0.728. The van der Waals surface area contributed by atoms with Crippen LogP contribution in [0.2, 0.25) is 0 Å². The molecular weight excluding hydrogens is 281 g/mol. The van der Waals surface area contributed by atoms with Crippen molar-refractivity contribution >= 4 is 5.82 Å². The Kier molecular flexibility index (Phi) is 4.67. The Morgan fingerprint density at radius 2 is 1.86 bits per heavy atom. The van der Waals surface area contributed by atoms with Crippen LogP contribution >= 0.6 is 0 Å². The van der Waals surface area contributed by atoms with E-state index in [4.69, 9.17) is 0 Å². The Hall–Kier alpha value is -2.24. The van der Waals surface area contributed by atoms with E-state index in [1.54, 1.807) is 30.3 Å².